The van der Waals surface area contributed by atoms with Gasteiger partial charge in [0.1, 0.15) is 5.69 Å². The standard InChI is InChI=1S/C9H7F5N2/c10-4-5(11)7(13)9(8(14)6(4)12)16-3-1-2(3)15/h2-3,16H,1,15H2. The Morgan fingerprint density at radius 2 is 1.25 bits per heavy atom. The average molecular weight is 238 g/mol. The maximum Gasteiger partial charge on any atom is 0.200 e. The fourth-order valence-corrected chi connectivity index (χ4v) is 1.30. The van der Waals surface area contributed by atoms with Crippen molar-refractivity contribution in [2.45, 2.75) is 18.5 Å². The monoisotopic (exact) mass is 238 g/mol. The second-order valence-electron chi connectivity index (χ2n) is 3.60. The average Bonchev–Trinajstić information content (AvgIpc) is 2.95. The number of rotatable bonds is 2. The van der Waals surface area contributed by atoms with Crippen molar-refractivity contribution in [3.05, 3.63) is 29.1 Å². The molecular weight excluding hydrogens is 231 g/mol. The molecule has 2 rings (SSSR count). The molecule has 2 unspecified atom stereocenters. The smallest absolute Gasteiger partial charge is 0.200 e. The van der Waals surface area contributed by atoms with Crippen molar-refractivity contribution in [2.24, 2.45) is 5.73 Å². The lowest BCUT2D eigenvalue weighted by Crippen LogP contribution is -2.17. The first-order chi connectivity index (χ1) is 7.43. The van der Waals surface area contributed by atoms with Crippen LogP contribution in [0, 0.1) is 29.1 Å². The van der Waals surface area contributed by atoms with Crippen molar-refractivity contribution >= 4 is 5.69 Å². The molecule has 0 heterocycles. The second kappa shape index (κ2) is 3.58. The number of benzene rings is 1. The Balaban J connectivity index is 2.43. The number of anilines is 1. The van der Waals surface area contributed by atoms with E-state index < -0.39 is 40.8 Å². The van der Waals surface area contributed by atoms with Crippen LogP contribution in [0.15, 0.2) is 0 Å². The summed E-state index contributed by atoms with van der Waals surface area (Å²) in [5.74, 6) is -9.82. The Hall–Kier alpha value is -1.37. The van der Waals surface area contributed by atoms with Gasteiger partial charge in [0, 0.05) is 12.1 Å². The molecule has 1 saturated carbocycles. The summed E-state index contributed by atoms with van der Waals surface area (Å²) in [7, 11) is 0. The molecule has 1 aromatic carbocycles. The van der Waals surface area contributed by atoms with E-state index in [9.17, 15) is 22.0 Å². The molecule has 0 spiro atoms. The van der Waals surface area contributed by atoms with Crippen LogP contribution in [0.4, 0.5) is 27.6 Å². The summed E-state index contributed by atoms with van der Waals surface area (Å²) in [5.41, 5.74) is 4.33. The van der Waals surface area contributed by atoms with Crippen molar-refractivity contribution in [1.82, 2.24) is 0 Å². The molecule has 0 radical (unpaired) electrons. The van der Waals surface area contributed by atoms with Crippen molar-refractivity contribution in [2.75, 3.05) is 5.32 Å². The Morgan fingerprint density at radius 3 is 1.62 bits per heavy atom. The lowest BCUT2D eigenvalue weighted by Gasteiger charge is -2.09. The van der Waals surface area contributed by atoms with Crippen LogP contribution >= 0.6 is 0 Å². The Kier molecular flexibility index (Phi) is 2.49. The highest BCUT2D eigenvalue weighted by atomic mass is 19.2. The number of hydrogen-bond acceptors (Lipinski definition) is 2. The zero-order valence-corrected chi connectivity index (χ0v) is 7.83. The van der Waals surface area contributed by atoms with Gasteiger partial charge < -0.3 is 11.1 Å². The number of halogens is 5. The third-order valence-corrected chi connectivity index (χ3v) is 2.38. The zero-order valence-electron chi connectivity index (χ0n) is 7.83. The van der Waals surface area contributed by atoms with E-state index in [2.05, 4.69) is 5.32 Å². The molecule has 2 nitrogen and oxygen atoms in total. The predicted molar refractivity (Wildman–Crippen MR) is 46.2 cm³/mol. The molecule has 88 valence electrons. The minimum absolute atomic E-state index is 0.324. The van der Waals surface area contributed by atoms with Gasteiger partial charge in [-0.25, -0.2) is 22.0 Å². The van der Waals surface area contributed by atoms with E-state index in [1.807, 2.05) is 0 Å². The van der Waals surface area contributed by atoms with Crippen LogP contribution in [-0.2, 0) is 0 Å². The SMILES string of the molecule is NC1CC1Nc1c(F)c(F)c(F)c(F)c1F. The lowest BCUT2D eigenvalue weighted by atomic mass is 10.2. The summed E-state index contributed by atoms with van der Waals surface area (Å²) in [6, 6.07) is -0.775. The number of hydrogen-bond donors (Lipinski definition) is 2. The van der Waals surface area contributed by atoms with Gasteiger partial charge in [-0.05, 0) is 6.42 Å². The molecule has 16 heavy (non-hydrogen) atoms. The summed E-state index contributed by atoms with van der Waals surface area (Å²) in [4.78, 5) is 0. The summed E-state index contributed by atoms with van der Waals surface area (Å²) >= 11 is 0. The molecule has 1 fully saturated rings. The van der Waals surface area contributed by atoms with Gasteiger partial charge >= 0.3 is 0 Å². The fourth-order valence-electron chi connectivity index (χ4n) is 1.30. The first-order valence-corrected chi connectivity index (χ1v) is 4.47. The number of nitrogens with two attached hydrogens (primary N) is 1. The van der Waals surface area contributed by atoms with E-state index in [0.717, 1.165) is 0 Å². The first-order valence-electron chi connectivity index (χ1n) is 4.47. The molecule has 7 heteroatoms. The summed E-state index contributed by atoms with van der Waals surface area (Å²) in [6.45, 7) is 0. The molecule has 0 aliphatic heterocycles. The van der Waals surface area contributed by atoms with Gasteiger partial charge in [-0.3, -0.25) is 0 Å². The Labute approximate surface area is 87.2 Å². The third-order valence-electron chi connectivity index (χ3n) is 2.38. The second-order valence-corrected chi connectivity index (χ2v) is 3.60. The van der Waals surface area contributed by atoms with E-state index in [-0.39, 0.29) is 6.04 Å². The maximum atomic E-state index is 13.1. The van der Waals surface area contributed by atoms with Gasteiger partial charge in [0.2, 0.25) is 5.82 Å². The van der Waals surface area contributed by atoms with Crippen LogP contribution in [0.25, 0.3) is 0 Å². The van der Waals surface area contributed by atoms with E-state index in [0.29, 0.717) is 6.42 Å². The van der Waals surface area contributed by atoms with Crippen LogP contribution in [0.5, 0.6) is 0 Å². The molecular formula is C9H7F5N2. The molecule has 1 aliphatic rings. The molecule has 1 aromatic rings. The molecule has 1 aliphatic carbocycles. The lowest BCUT2D eigenvalue weighted by molar-refractivity contribution is 0.381. The van der Waals surface area contributed by atoms with E-state index in [1.165, 1.54) is 0 Å². The van der Waals surface area contributed by atoms with Crippen molar-refractivity contribution < 1.29 is 22.0 Å². The van der Waals surface area contributed by atoms with Crippen LogP contribution < -0.4 is 11.1 Å². The van der Waals surface area contributed by atoms with Crippen LogP contribution in [0.1, 0.15) is 6.42 Å². The summed E-state index contributed by atoms with van der Waals surface area (Å²) in [6.07, 6.45) is 0.430. The topological polar surface area (TPSA) is 38.0 Å². The molecule has 0 saturated heterocycles. The number of nitrogens with one attached hydrogen (secondary N) is 1. The van der Waals surface area contributed by atoms with Crippen molar-refractivity contribution in [3.63, 3.8) is 0 Å². The van der Waals surface area contributed by atoms with Gasteiger partial charge in [0.15, 0.2) is 23.3 Å². The zero-order chi connectivity index (χ0) is 12.0. The van der Waals surface area contributed by atoms with Crippen molar-refractivity contribution in [1.29, 1.82) is 0 Å². The third kappa shape index (κ3) is 1.60. The molecule has 2 atom stereocenters. The van der Waals surface area contributed by atoms with Crippen molar-refractivity contribution in [3.8, 4) is 0 Å². The van der Waals surface area contributed by atoms with Crippen LogP contribution in [0.2, 0.25) is 0 Å². The molecule has 3 N–H and O–H groups in total. The van der Waals surface area contributed by atoms with E-state index in [4.69, 9.17) is 5.73 Å². The van der Waals surface area contributed by atoms with Gasteiger partial charge in [-0.15, -0.1) is 0 Å². The summed E-state index contributed by atoms with van der Waals surface area (Å²) in [5, 5.41) is 2.19. The fraction of sp³-hybridized carbons (Fsp3) is 0.333. The molecule has 0 bridgehead atoms. The Bertz CT molecular complexity index is 419. The normalized spacial score (nSPS) is 23.4. The molecule has 0 aromatic heterocycles. The quantitative estimate of drug-likeness (QED) is 0.469. The maximum absolute atomic E-state index is 13.1. The van der Waals surface area contributed by atoms with Crippen LogP contribution in [-0.4, -0.2) is 12.1 Å². The largest absolute Gasteiger partial charge is 0.376 e. The minimum atomic E-state index is -2.17. The summed E-state index contributed by atoms with van der Waals surface area (Å²) < 4.78 is 64.3. The highest BCUT2D eigenvalue weighted by Gasteiger charge is 2.36. The Morgan fingerprint density at radius 1 is 0.875 bits per heavy atom. The van der Waals surface area contributed by atoms with Crippen LogP contribution in [0.3, 0.4) is 0 Å². The minimum Gasteiger partial charge on any atom is -0.376 e. The highest BCUT2D eigenvalue weighted by Crippen LogP contribution is 2.31. The van der Waals surface area contributed by atoms with E-state index in [1.54, 1.807) is 0 Å². The van der Waals surface area contributed by atoms with E-state index >= 15 is 0 Å². The van der Waals surface area contributed by atoms with Gasteiger partial charge in [0.25, 0.3) is 0 Å². The highest BCUT2D eigenvalue weighted by molar-refractivity contribution is 5.50. The van der Waals surface area contributed by atoms with Gasteiger partial charge in [0.05, 0.1) is 0 Å². The van der Waals surface area contributed by atoms with Gasteiger partial charge in [-0.2, -0.15) is 0 Å². The predicted octanol–water partition coefficient (Wildman–Crippen LogP) is 1.89. The van der Waals surface area contributed by atoms with Gasteiger partial charge in [-0.1, -0.05) is 0 Å². The first kappa shape index (κ1) is 11.1. The molecule has 0 amide bonds.